The number of nitrogens with one attached hydrogen (secondary N) is 2. The van der Waals surface area contributed by atoms with Gasteiger partial charge in [0.1, 0.15) is 0 Å². The Morgan fingerprint density at radius 2 is 2.16 bits per heavy atom. The van der Waals surface area contributed by atoms with Gasteiger partial charge >= 0.3 is 0 Å². The first-order valence-corrected chi connectivity index (χ1v) is 7.19. The lowest BCUT2D eigenvalue weighted by Crippen LogP contribution is -2.47. The molecule has 1 fully saturated rings. The number of benzene rings is 1. The van der Waals surface area contributed by atoms with Crippen LogP contribution < -0.4 is 10.6 Å². The molecule has 2 rings (SSSR count). The second-order valence-electron chi connectivity index (χ2n) is 5.59. The van der Waals surface area contributed by atoms with E-state index in [-0.39, 0.29) is 18.0 Å². The predicted octanol–water partition coefficient (Wildman–Crippen LogP) is 2.62. The van der Waals surface area contributed by atoms with Crippen molar-refractivity contribution in [1.82, 2.24) is 10.6 Å². The van der Waals surface area contributed by atoms with Gasteiger partial charge < -0.3 is 10.6 Å². The van der Waals surface area contributed by atoms with Gasteiger partial charge in [-0.25, -0.2) is 0 Å². The lowest BCUT2D eigenvalue weighted by atomic mass is 9.99. The van der Waals surface area contributed by atoms with Gasteiger partial charge in [0.2, 0.25) is 5.91 Å². The summed E-state index contributed by atoms with van der Waals surface area (Å²) in [7, 11) is 0. The summed E-state index contributed by atoms with van der Waals surface area (Å²) in [6.45, 7) is 7.20. The maximum absolute atomic E-state index is 12.2. The monoisotopic (exact) mass is 260 g/mol. The van der Waals surface area contributed by atoms with Gasteiger partial charge in [0.25, 0.3) is 0 Å². The second kappa shape index (κ2) is 6.20. The highest BCUT2D eigenvalue weighted by molar-refractivity contribution is 5.82. The Morgan fingerprint density at radius 3 is 2.79 bits per heavy atom. The lowest BCUT2D eigenvalue weighted by Gasteiger charge is -2.25. The second-order valence-corrected chi connectivity index (χ2v) is 5.59. The van der Waals surface area contributed by atoms with E-state index in [0.29, 0.717) is 0 Å². The summed E-state index contributed by atoms with van der Waals surface area (Å²) < 4.78 is 0. The van der Waals surface area contributed by atoms with E-state index in [2.05, 4.69) is 49.6 Å². The highest BCUT2D eigenvalue weighted by Crippen LogP contribution is 2.19. The third-order valence-electron chi connectivity index (χ3n) is 3.88. The van der Waals surface area contributed by atoms with Crippen LogP contribution in [0, 0.1) is 13.8 Å². The molecule has 104 valence electrons. The van der Waals surface area contributed by atoms with Crippen LogP contribution in [0.2, 0.25) is 0 Å². The van der Waals surface area contributed by atoms with E-state index < -0.39 is 0 Å². The Balaban J connectivity index is 1.99. The summed E-state index contributed by atoms with van der Waals surface area (Å²) in [5.41, 5.74) is 3.70. The first-order valence-electron chi connectivity index (χ1n) is 7.19. The van der Waals surface area contributed by atoms with Crippen LogP contribution in [0.4, 0.5) is 0 Å². The largest absolute Gasteiger partial charge is 0.348 e. The van der Waals surface area contributed by atoms with Gasteiger partial charge in [-0.15, -0.1) is 0 Å². The molecule has 1 aliphatic heterocycles. The standard InChI is InChI=1S/C16H24N2O/c1-11-7-8-14(12(2)10-11)13(3)18-16(19)15-6-4-5-9-17-15/h7-8,10,13,15,17H,4-6,9H2,1-3H3,(H,18,19)/t13?,15-/m0/s1. The number of piperidine rings is 1. The van der Waals surface area contributed by atoms with Crippen LogP contribution in [-0.4, -0.2) is 18.5 Å². The summed E-state index contributed by atoms with van der Waals surface area (Å²) in [5, 5.41) is 6.41. The molecule has 2 N–H and O–H groups in total. The number of carbonyl (C=O) groups is 1. The van der Waals surface area contributed by atoms with Crippen molar-refractivity contribution < 1.29 is 4.79 Å². The Morgan fingerprint density at radius 1 is 1.37 bits per heavy atom. The minimum absolute atomic E-state index is 0.0121. The van der Waals surface area contributed by atoms with Gasteiger partial charge in [0.05, 0.1) is 12.1 Å². The van der Waals surface area contributed by atoms with Crippen molar-refractivity contribution in [3.63, 3.8) is 0 Å². The first-order chi connectivity index (χ1) is 9.08. The third kappa shape index (κ3) is 3.57. The van der Waals surface area contributed by atoms with Gasteiger partial charge in [-0.3, -0.25) is 4.79 Å². The van der Waals surface area contributed by atoms with Crippen LogP contribution >= 0.6 is 0 Å². The molecule has 0 aromatic heterocycles. The molecular formula is C16H24N2O. The van der Waals surface area contributed by atoms with Crippen molar-refractivity contribution in [3.8, 4) is 0 Å². The molecule has 3 heteroatoms. The SMILES string of the molecule is Cc1ccc(C(C)NC(=O)[C@@H]2CCCCN2)c(C)c1. The van der Waals surface area contributed by atoms with Gasteiger partial charge in [-0.1, -0.05) is 30.2 Å². The number of aryl methyl sites for hydroxylation is 2. The molecule has 1 aromatic rings. The maximum Gasteiger partial charge on any atom is 0.237 e. The average Bonchev–Trinajstić information content (AvgIpc) is 2.39. The summed E-state index contributed by atoms with van der Waals surface area (Å²) in [4.78, 5) is 12.2. The van der Waals surface area contributed by atoms with E-state index in [0.717, 1.165) is 19.4 Å². The maximum atomic E-state index is 12.2. The van der Waals surface area contributed by atoms with E-state index in [4.69, 9.17) is 0 Å². The molecule has 1 aliphatic rings. The molecule has 1 saturated heterocycles. The molecule has 0 spiro atoms. The van der Waals surface area contributed by atoms with Crippen LogP contribution in [0.25, 0.3) is 0 Å². The summed E-state index contributed by atoms with van der Waals surface area (Å²) in [5.74, 6) is 0.132. The molecule has 19 heavy (non-hydrogen) atoms. The van der Waals surface area contributed by atoms with E-state index in [1.807, 2.05) is 0 Å². The predicted molar refractivity (Wildman–Crippen MR) is 78.1 cm³/mol. The van der Waals surface area contributed by atoms with E-state index in [1.54, 1.807) is 0 Å². The van der Waals surface area contributed by atoms with Crippen molar-refractivity contribution in [1.29, 1.82) is 0 Å². The van der Waals surface area contributed by atoms with Crippen LogP contribution in [0.3, 0.4) is 0 Å². The molecule has 1 unspecified atom stereocenters. The topological polar surface area (TPSA) is 41.1 Å². The zero-order valence-corrected chi connectivity index (χ0v) is 12.1. The van der Waals surface area contributed by atoms with Crippen molar-refractivity contribution in [2.75, 3.05) is 6.54 Å². The highest BCUT2D eigenvalue weighted by Gasteiger charge is 2.22. The molecule has 0 saturated carbocycles. The number of rotatable bonds is 3. The van der Waals surface area contributed by atoms with Crippen molar-refractivity contribution >= 4 is 5.91 Å². The molecule has 1 amide bonds. The molecule has 0 aliphatic carbocycles. The fraction of sp³-hybridized carbons (Fsp3) is 0.562. The zero-order chi connectivity index (χ0) is 13.8. The lowest BCUT2D eigenvalue weighted by molar-refractivity contribution is -0.124. The number of carbonyl (C=O) groups excluding carboxylic acids is 1. The van der Waals surface area contributed by atoms with E-state index in [9.17, 15) is 4.79 Å². The Kier molecular flexibility index (Phi) is 4.59. The molecular weight excluding hydrogens is 236 g/mol. The third-order valence-corrected chi connectivity index (χ3v) is 3.88. The van der Waals surface area contributed by atoms with Gasteiger partial charge in [-0.2, -0.15) is 0 Å². The minimum Gasteiger partial charge on any atom is -0.348 e. The quantitative estimate of drug-likeness (QED) is 0.877. The zero-order valence-electron chi connectivity index (χ0n) is 12.1. The van der Waals surface area contributed by atoms with Gasteiger partial charge in [0.15, 0.2) is 0 Å². The van der Waals surface area contributed by atoms with Crippen molar-refractivity contribution in [2.45, 2.75) is 52.1 Å². The molecule has 2 atom stereocenters. The van der Waals surface area contributed by atoms with Crippen LogP contribution in [-0.2, 0) is 4.79 Å². The normalized spacial score (nSPS) is 20.9. The number of amides is 1. The Bertz CT molecular complexity index is 450. The summed E-state index contributed by atoms with van der Waals surface area (Å²) >= 11 is 0. The van der Waals surface area contributed by atoms with Gasteiger partial charge in [0, 0.05) is 0 Å². The van der Waals surface area contributed by atoms with Gasteiger partial charge in [-0.05, 0) is 51.3 Å². The molecule has 3 nitrogen and oxygen atoms in total. The molecule has 1 heterocycles. The summed E-state index contributed by atoms with van der Waals surface area (Å²) in [6.07, 6.45) is 3.27. The number of hydrogen-bond donors (Lipinski definition) is 2. The van der Waals surface area contributed by atoms with Crippen molar-refractivity contribution in [2.24, 2.45) is 0 Å². The number of hydrogen-bond acceptors (Lipinski definition) is 2. The van der Waals surface area contributed by atoms with Crippen molar-refractivity contribution in [3.05, 3.63) is 34.9 Å². The van der Waals surface area contributed by atoms with Crippen LogP contribution in [0.1, 0.15) is 48.9 Å². The molecule has 0 bridgehead atoms. The first kappa shape index (κ1) is 14.1. The van der Waals surface area contributed by atoms with Crippen LogP contribution in [0.5, 0.6) is 0 Å². The van der Waals surface area contributed by atoms with Crippen LogP contribution in [0.15, 0.2) is 18.2 Å². The molecule has 1 aromatic carbocycles. The Labute approximate surface area is 115 Å². The Hall–Kier alpha value is -1.35. The smallest absolute Gasteiger partial charge is 0.237 e. The highest BCUT2D eigenvalue weighted by atomic mass is 16.2. The summed E-state index contributed by atoms with van der Waals surface area (Å²) in [6, 6.07) is 6.43. The average molecular weight is 260 g/mol. The minimum atomic E-state index is -0.0121. The fourth-order valence-electron chi connectivity index (χ4n) is 2.78. The van der Waals surface area contributed by atoms with E-state index in [1.165, 1.54) is 23.1 Å². The van der Waals surface area contributed by atoms with E-state index >= 15 is 0 Å². The molecule has 0 radical (unpaired) electrons. The fourth-order valence-corrected chi connectivity index (χ4v) is 2.78.